The number of piperidine rings is 1. The van der Waals surface area contributed by atoms with E-state index in [1.54, 1.807) is 19.2 Å². The minimum absolute atomic E-state index is 0.0381. The first kappa shape index (κ1) is 19.5. The number of benzene rings is 2. The van der Waals surface area contributed by atoms with Crippen LogP contribution in [-0.4, -0.2) is 45.3 Å². The third-order valence-electron chi connectivity index (χ3n) is 5.66. The largest absolute Gasteiger partial charge is 0.497 e. The SMILES string of the molecule is COc1ccc([C@@H](c2nnnn2Cc2ccc(F)cc2)N2CCC(C)CC2)cc1. The van der Waals surface area contributed by atoms with E-state index in [-0.39, 0.29) is 11.9 Å². The Morgan fingerprint density at radius 2 is 1.76 bits per heavy atom. The maximum Gasteiger partial charge on any atom is 0.173 e. The summed E-state index contributed by atoms with van der Waals surface area (Å²) in [6.07, 6.45) is 2.32. The molecule has 29 heavy (non-hydrogen) atoms. The first-order valence-corrected chi connectivity index (χ1v) is 10.0. The molecule has 4 rings (SSSR count). The monoisotopic (exact) mass is 395 g/mol. The van der Waals surface area contributed by atoms with Crippen LogP contribution in [0.3, 0.4) is 0 Å². The van der Waals surface area contributed by atoms with Crippen molar-refractivity contribution in [3.8, 4) is 5.75 Å². The van der Waals surface area contributed by atoms with E-state index >= 15 is 0 Å². The van der Waals surface area contributed by atoms with Gasteiger partial charge in [-0.1, -0.05) is 31.2 Å². The van der Waals surface area contributed by atoms with Crippen molar-refractivity contribution in [3.63, 3.8) is 0 Å². The first-order chi connectivity index (χ1) is 14.1. The fraction of sp³-hybridized carbons (Fsp3) is 0.409. The Hall–Kier alpha value is -2.80. The summed E-state index contributed by atoms with van der Waals surface area (Å²) in [6, 6.07) is 14.5. The number of hydrogen-bond donors (Lipinski definition) is 0. The summed E-state index contributed by atoms with van der Waals surface area (Å²) in [5.74, 6) is 2.11. The van der Waals surface area contributed by atoms with Gasteiger partial charge < -0.3 is 4.74 Å². The van der Waals surface area contributed by atoms with Crippen molar-refractivity contribution in [2.45, 2.75) is 32.4 Å². The third-order valence-corrected chi connectivity index (χ3v) is 5.66. The van der Waals surface area contributed by atoms with E-state index in [1.807, 2.05) is 16.8 Å². The van der Waals surface area contributed by atoms with Gasteiger partial charge >= 0.3 is 0 Å². The average molecular weight is 395 g/mol. The van der Waals surface area contributed by atoms with Gasteiger partial charge in [0.2, 0.25) is 0 Å². The maximum absolute atomic E-state index is 13.3. The number of nitrogens with zero attached hydrogens (tertiary/aromatic N) is 5. The highest BCUT2D eigenvalue weighted by molar-refractivity contribution is 5.32. The van der Waals surface area contributed by atoms with Crippen molar-refractivity contribution < 1.29 is 9.13 Å². The smallest absolute Gasteiger partial charge is 0.173 e. The van der Waals surface area contributed by atoms with Crippen molar-refractivity contribution in [1.82, 2.24) is 25.1 Å². The summed E-state index contributed by atoms with van der Waals surface area (Å²) < 4.78 is 20.4. The molecule has 2 aromatic carbocycles. The van der Waals surface area contributed by atoms with Crippen molar-refractivity contribution in [1.29, 1.82) is 0 Å². The summed E-state index contributed by atoms with van der Waals surface area (Å²) in [7, 11) is 1.67. The van der Waals surface area contributed by atoms with Crippen LogP contribution in [0, 0.1) is 11.7 Å². The number of methoxy groups -OCH3 is 1. The number of hydrogen-bond acceptors (Lipinski definition) is 5. The van der Waals surface area contributed by atoms with Gasteiger partial charge in [-0.05, 0) is 77.7 Å². The second-order valence-electron chi connectivity index (χ2n) is 7.72. The van der Waals surface area contributed by atoms with Crippen molar-refractivity contribution in [2.75, 3.05) is 20.2 Å². The number of likely N-dealkylation sites (tertiary alicyclic amines) is 1. The zero-order chi connectivity index (χ0) is 20.2. The quantitative estimate of drug-likeness (QED) is 0.637. The number of rotatable bonds is 6. The molecule has 7 heteroatoms. The summed E-state index contributed by atoms with van der Waals surface area (Å²) in [4.78, 5) is 2.45. The van der Waals surface area contributed by atoms with Gasteiger partial charge in [-0.3, -0.25) is 4.90 Å². The molecule has 6 nitrogen and oxygen atoms in total. The predicted molar refractivity (Wildman–Crippen MR) is 108 cm³/mol. The van der Waals surface area contributed by atoms with Gasteiger partial charge in [-0.25, -0.2) is 9.07 Å². The lowest BCUT2D eigenvalue weighted by Crippen LogP contribution is -2.38. The molecule has 0 amide bonds. The van der Waals surface area contributed by atoms with Crippen LogP contribution in [0.2, 0.25) is 0 Å². The van der Waals surface area contributed by atoms with Crippen LogP contribution in [-0.2, 0) is 6.54 Å². The molecular formula is C22H26FN5O. The second-order valence-corrected chi connectivity index (χ2v) is 7.72. The molecule has 152 valence electrons. The molecule has 0 N–H and O–H groups in total. The van der Waals surface area contributed by atoms with Crippen LogP contribution >= 0.6 is 0 Å². The molecule has 1 aliphatic heterocycles. The van der Waals surface area contributed by atoms with E-state index in [4.69, 9.17) is 4.74 Å². The lowest BCUT2D eigenvalue weighted by molar-refractivity contribution is 0.150. The molecule has 1 aliphatic rings. The van der Waals surface area contributed by atoms with Gasteiger partial charge in [0.1, 0.15) is 11.6 Å². The fourth-order valence-corrected chi connectivity index (χ4v) is 3.88. The minimum Gasteiger partial charge on any atom is -0.497 e. The van der Waals surface area contributed by atoms with Crippen LogP contribution in [0.5, 0.6) is 5.75 Å². The van der Waals surface area contributed by atoms with Crippen LogP contribution in [0.15, 0.2) is 48.5 Å². The molecule has 0 saturated carbocycles. The van der Waals surface area contributed by atoms with E-state index < -0.39 is 0 Å². The van der Waals surface area contributed by atoms with E-state index in [1.165, 1.54) is 12.1 Å². The third kappa shape index (κ3) is 4.45. The summed E-state index contributed by atoms with van der Waals surface area (Å²) in [5.41, 5.74) is 2.09. The number of halogens is 1. The number of ether oxygens (including phenoxy) is 1. The Morgan fingerprint density at radius 3 is 2.41 bits per heavy atom. The lowest BCUT2D eigenvalue weighted by Gasteiger charge is -2.36. The highest BCUT2D eigenvalue weighted by Crippen LogP contribution is 2.32. The molecule has 2 heterocycles. The summed E-state index contributed by atoms with van der Waals surface area (Å²) >= 11 is 0. The van der Waals surface area contributed by atoms with Gasteiger partial charge in [-0.2, -0.15) is 0 Å². The average Bonchev–Trinajstić information content (AvgIpc) is 3.19. The van der Waals surface area contributed by atoms with Gasteiger partial charge in [-0.15, -0.1) is 5.10 Å². The second kappa shape index (κ2) is 8.69. The Labute approximate surface area is 170 Å². The molecule has 1 fully saturated rings. The minimum atomic E-state index is -0.246. The van der Waals surface area contributed by atoms with E-state index in [0.29, 0.717) is 6.54 Å². The molecule has 0 radical (unpaired) electrons. The van der Waals surface area contributed by atoms with Crippen LogP contribution in [0.25, 0.3) is 0 Å². The van der Waals surface area contributed by atoms with Crippen LogP contribution < -0.4 is 4.74 Å². The molecule has 1 saturated heterocycles. The highest BCUT2D eigenvalue weighted by Gasteiger charge is 2.30. The molecule has 0 spiro atoms. The Morgan fingerprint density at radius 1 is 1.07 bits per heavy atom. The molecule has 1 atom stereocenters. The Kier molecular flexibility index (Phi) is 5.85. The lowest BCUT2D eigenvalue weighted by atomic mass is 9.95. The van der Waals surface area contributed by atoms with Gasteiger partial charge in [0, 0.05) is 0 Å². The summed E-state index contributed by atoms with van der Waals surface area (Å²) in [5, 5.41) is 12.6. The van der Waals surface area contributed by atoms with E-state index in [2.05, 4.69) is 39.5 Å². The van der Waals surface area contributed by atoms with Crippen molar-refractivity contribution in [2.24, 2.45) is 5.92 Å². The standard InChI is InChI=1S/C22H26FN5O/c1-16-11-13-27(14-12-16)21(18-5-9-20(29-2)10-6-18)22-24-25-26-28(22)15-17-3-7-19(23)8-4-17/h3-10,16,21H,11-15H2,1-2H3/t21-/m0/s1. The molecule has 0 unspecified atom stereocenters. The topological polar surface area (TPSA) is 56.1 Å². The molecule has 0 bridgehead atoms. The van der Waals surface area contributed by atoms with Gasteiger partial charge in [0.15, 0.2) is 5.82 Å². The van der Waals surface area contributed by atoms with Crippen LogP contribution in [0.1, 0.15) is 42.8 Å². The van der Waals surface area contributed by atoms with Crippen molar-refractivity contribution in [3.05, 3.63) is 71.3 Å². The molecule has 3 aromatic rings. The normalized spacial score (nSPS) is 16.7. The first-order valence-electron chi connectivity index (χ1n) is 10.0. The zero-order valence-corrected chi connectivity index (χ0v) is 16.8. The predicted octanol–water partition coefficient (Wildman–Crippen LogP) is 3.69. The Balaban J connectivity index is 1.67. The highest BCUT2D eigenvalue weighted by atomic mass is 19.1. The van der Waals surface area contributed by atoms with E-state index in [9.17, 15) is 4.39 Å². The van der Waals surface area contributed by atoms with Crippen LogP contribution in [0.4, 0.5) is 4.39 Å². The maximum atomic E-state index is 13.3. The number of aromatic nitrogens is 4. The van der Waals surface area contributed by atoms with Crippen molar-refractivity contribution >= 4 is 0 Å². The van der Waals surface area contributed by atoms with Gasteiger partial charge in [0.05, 0.1) is 19.7 Å². The molecular weight excluding hydrogens is 369 g/mol. The fourth-order valence-electron chi connectivity index (χ4n) is 3.88. The number of tetrazole rings is 1. The van der Waals surface area contributed by atoms with Gasteiger partial charge in [0.25, 0.3) is 0 Å². The molecule has 0 aliphatic carbocycles. The zero-order valence-electron chi connectivity index (χ0n) is 16.8. The summed E-state index contributed by atoms with van der Waals surface area (Å²) in [6.45, 7) is 4.81. The van der Waals surface area contributed by atoms with E-state index in [0.717, 1.165) is 54.5 Å². The molecule has 1 aromatic heterocycles. The Bertz CT molecular complexity index is 917.